The summed E-state index contributed by atoms with van der Waals surface area (Å²) < 4.78 is 12.9. The third-order valence-corrected chi connectivity index (χ3v) is 4.51. The summed E-state index contributed by atoms with van der Waals surface area (Å²) in [6.45, 7) is 2.78. The Bertz CT molecular complexity index is 774. The highest BCUT2D eigenvalue weighted by Crippen LogP contribution is 2.26. The number of benzene rings is 2. The van der Waals surface area contributed by atoms with Crippen LogP contribution < -0.4 is 10.2 Å². The number of nitrogens with zero attached hydrogens (tertiary/aromatic N) is 1. The first-order valence-electron chi connectivity index (χ1n) is 8.48. The molecule has 3 rings (SSSR count). The zero-order valence-corrected chi connectivity index (χ0v) is 14.2. The lowest BCUT2D eigenvalue weighted by Gasteiger charge is -2.17. The number of hydrogen-bond donors (Lipinski definition) is 1. The van der Waals surface area contributed by atoms with E-state index in [2.05, 4.69) is 12.2 Å². The molecular formula is C20H21FN2O2. The van der Waals surface area contributed by atoms with Gasteiger partial charge in [0.2, 0.25) is 11.8 Å². The van der Waals surface area contributed by atoms with Crippen LogP contribution in [0.15, 0.2) is 48.5 Å². The molecule has 130 valence electrons. The molecule has 2 aromatic carbocycles. The van der Waals surface area contributed by atoms with Gasteiger partial charge in [-0.2, -0.15) is 0 Å². The van der Waals surface area contributed by atoms with Crippen molar-refractivity contribution in [3.63, 3.8) is 0 Å². The molecule has 2 aromatic rings. The number of rotatable bonds is 5. The number of carbonyl (C=O) groups is 2. The Labute approximate surface area is 146 Å². The van der Waals surface area contributed by atoms with Crippen LogP contribution in [0.2, 0.25) is 0 Å². The molecule has 0 spiro atoms. The topological polar surface area (TPSA) is 49.4 Å². The van der Waals surface area contributed by atoms with Crippen molar-refractivity contribution in [1.29, 1.82) is 0 Å². The maximum Gasteiger partial charge on any atom is 0.227 e. The number of carbonyl (C=O) groups excluding carboxylic acids is 2. The van der Waals surface area contributed by atoms with Gasteiger partial charge in [-0.05, 0) is 41.8 Å². The van der Waals surface area contributed by atoms with E-state index >= 15 is 0 Å². The van der Waals surface area contributed by atoms with E-state index in [-0.39, 0.29) is 30.0 Å². The van der Waals surface area contributed by atoms with Crippen molar-refractivity contribution in [3.05, 3.63) is 65.5 Å². The van der Waals surface area contributed by atoms with E-state index in [1.807, 2.05) is 24.3 Å². The number of halogens is 1. The van der Waals surface area contributed by atoms with Crippen molar-refractivity contribution in [1.82, 2.24) is 5.32 Å². The van der Waals surface area contributed by atoms with Gasteiger partial charge in [-0.1, -0.05) is 31.2 Å². The van der Waals surface area contributed by atoms with E-state index in [0.717, 1.165) is 23.2 Å². The Hall–Kier alpha value is -2.69. The molecule has 1 heterocycles. The summed E-state index contributed by atoms with van der Waals surface area (Å²) in [5.41, 5.74) is 2.83. The van der Waals surface area contributed by atoms with Gasteiger partial charge in [0, 0.05) is 25.2 Å². The molecule has 5 heteroatoms. The SMILES string of the molecule is CCc1cccc(N2C[C@@H](C(=O)NCc3ccc(F)cc3)CC2=O)c1. The van der Waals surface area contributed by atoms with Crippen LogP contribution in [0.4, 0.5) is 10.1 Å². The normalized spacial score (nSPS) is 17.0. The average Bonchev–Trinajstić information content (AvgIpc) is 3.03. The Morgan fingerprint density at radius 2 is 1.96 bits per heavy atom. The summed E-state index contributed by atoms with van der Waals surface area (Å²) in [5.74, 6) is -0.846. The van der Waals surface area contributed by atoms with Crippen LogP contribution in [-0.2, 0) is 22.6 Å². The third kappa shape index (κ3) is 4.05. The quantitative estimate of drug-likeness (QED) is 0.909. The fourth-order valence-electron chi connectivity index (χ4n) is 3.01. The lowest BCUT2D eigenvalue weighted by atomic mass is 10.1. The fourth-order valence-corrected chi connectivity index (χ4v) is 3.01. The van der Waals surface area contributed by atoms with Crippen LogP contribution in [-0.4, -0.2) is 18.4 Å². The van der Waals surface area contributed by atoms with E-state index in [1.54, 1.807) is 17.0 Å². The molecule has 1 atom stereocenters. The smallest absolute Gasteiger partial charge is 0.227 e. The second-order valence-electron chi connectivity index (χ2n) is 6.27. The van der Waals surface area contributed by atoms with Crippen molar-refractivity contribution < 1.29 is 14.0 Å². The second kappa shape index (κ2) is 7.47. The van der Waals surface area contributed by atoms with E-state index in [1.165, 1.54) is 12.1 Å². The van der Waals surface area contributed by atoms with Gasteiger partial charge >= 0.3 is 0 Å². The lowest BCUT2D eigenvalue weighted by molar-refractivity contribution is -0.126. The first-order chi connectivity index (χ1) is 12.1. The molecule has 1 aliphatic rings. The molecule has 4 nitrogen and oxygen atoms in total. The zero-order chi connectivity index (χ0) is 17.8. The molecule has 0 aliphatic carbocycles. The Morgan fingerprint density at radius 1 is 1.20 bits per heavy atom. The van der Waals surface area contributed by atoms with Gasteiger partial charge in [0.05, 0.1) is 5.92 Å². The number of aryl methyl sites for hydroxylation is 1. The average molecular weight is 340 g/mol. The summed E-state index contributed by atoms with van der Waals surface area (Å²) in [4.78, 5) is 26.4. The summed E-state index contributed by atoms with van der Waals surface area (Å²) in [7, 11) is 0. The van der Waals surface area contributed by atoms with Gasteiger partial charge in [-0.3, -0.25) is 9.59 Å². The monoisotopic (exact) mass is 340 g/mol. The number of anilines is 1. The van der Waals surface area contributed by atoms with Gasteiger partial charge in [-0.15, -0.1) is 0 Å². The predicted molar refractivity (Wildman–Crippen MR) is 94.5 cm³/mol. The van der Waals surface area contributed by atoms with Gasteiger partial charge in [-0.25, -0.2) is 4.39 Å². The van der Waals surface area contributed by atoms with Crippen LogP contribution in [0.1, 0.15) is 24.5 Å². The molecule has 0 unspecified atom stereocenters. The maximum absolute atomic E-state index is 12.9. The van der Waals surface area contributed by atoms with Crippen molar-refractivity contribution in [2.45, 2.75) is 26.3 Å². The molecule has 1 fully saturated rings. The zero-order valence-electron chi connectivity index (χ0n) is 14.2. The molecule has 2 amide bonds. The van der Waals surface area contributed by atoms with Crippen molar-refractivity contribution in [2.75, 3.05) is 11.4 Å². The Morgan fingerprint density at radius 3 is 2.68 bits per heavy atom. The van der Waals surface area contributed by atoms with Crippen molar-refractivity contribution in [3.8, 4) is 0 Å². The molecule has 1 N–H and O–H groups in total. The predicted octanol–water partition coefficient (Wildman–Crippen LogP) is 3.06. The van der Waals surface area contributed by atoms with Crippen LogP contribution in [0.5, 0.6) is 0 Å². The lowest BCUT2D eigenvalue weighted by Crippen LogP contribution is -2.32. The number of hydrogen-bond acceptors (Lipinski definition) is 2. The molecule has 25 heavy (non-hydrogen) atoms. The van der Waals surface area contributed by atoms with E-state index in [9.17, 15) is 14.0 Å². The molecule has 0 aromatic heterocycles. The standard InChI is InChI=1S/C20H21FN2O2/c1-2-14-4-3-5-18(10-14)23-13-16(11-19(23)24)20(25)22-12-15-6-8-17(21)9-7-15/h3-10,16H,2,11-13H2,1H3,(H,22,25)/t16-/m0/s1. The minimum absolute atomic E-state index is 0.0322. The highest BCUT2D eigenvalue weighted by Gasteiger charge is 2.35. The van der Waals surface area contributed by atoms with Crippen LogP contribution in [0.3, 0.4) is 0 Å². The molecule has 1 aliphatic heterocycles. The van der Waals surface area contributed by atoms with Crippen molar-refractivity contribution >= 4 is 17.5 Å². The Kier molecular flexibility index (Phi) is 5.12. The van der Waals surface area contributed by atoms with Crippen LogP contribution >= 0.6 is 0 Å². The molecule has 0 radical (unpaired) electrons. The van der Waals surface area contributed by atoms with E-state index in [0.29, 0.717) is 13.1 Å². The molecular weight excluding hydrogens is 319 g/mol. The second-order valence-corrected chi connectivity index (χ2v) is 6.27. The van der Waals surface area contributed by atoms with Gasteiger partial charge < -0.3 is 10.2 Å². The van der Waals surface area contributed by atoms with Crippen molar-refractivity contribution in [2.24, 2.45) is 5.92 Å². The third-order valence-electron chi connectivity index (χ3n) is 4.51. The molecule has 0 bridgehead atoms. The minimum Gasteiger partial charge on any atom is -0.352 e. The summed E-state index contributed by atoms with van der Waals surface area (Å²) >= 11 is 0. The maximum atomic E-state index is 12.9. The first-order valence-corrected chi connectivity index (χ1v) is 8.48. The largest absolute Gasteiger partial charge is 0.352 e. The molecule has 0 saturated carbocycles. The van der Waals surface area contributed by atoms with Gasteiger partial charge in [0.15, 0.2) is 0 Å². The first kappa shape index (κ1) is 17.1. The van der Waals surface area contributed by atoms with E-state index in [4.69, 9.17) is 0 Å². The van der Waals surface area contributed by atoms with Crippen LogP contribution in [0, 0.1) is 11.7 Å². The van der Waals surface area contributed by atoms with Gasteiger partial charge in [0.25, 0.3) is 0 Å². The number of amides is 2. The van der Waals surface area contributed by atoms with E-state index < -0.39 is 0 Å². The highest BCUT2D eigenvalue weighted by atomic mass is 19.1. The van der Waals surface area contributed by atoms with Gasteiger partial charge in [0.1, 0.15) is 5.82 Å². The summed E-state index contributed by atoms with van der Waals surface area (Å²) in [6.07, 6.45) is 1.11. The Balaban J connectivity index is 1.61. The summed E-state index contributed by atoms with van der Waals surface area (Å²) in [6, 6.07) is 13.9. The fraction of sp³-hybridized carbons (Fsp3) is 0.300. The highest BCUT2D eigenvalue weighted by molar-refractivity contribution is 6.00. The number of nitrogens with one attached hydrogen (secondary N) is 1. The van der Waals surface area contributed by atoms with Crippen LogP contribution in [0.25, 0.3) is 0 Å². The minimum atomic E-state index is -0.363. The summed E-state index contributed by atoms with van der Waals surface area (Å²) in [5, 5.41) is 2.84. The molecule has 1 saturated heterocycles.